The van der Waals surface area contributed by atoms with Crippen molar-refractivity contribution in [3.63, 3.8) is 0 Å². The molecular formula is C18H26N2O. The molecule has 4 unspecified atom stereocenters. The van der Waals surface area contributed by atoms with Crippen molar-refractivity contribution in [3.8, 4) is 0 Å². The summed E-state index contributed by atoms with van der Waals surface area (Å²) in [6.07, 6.45) is 5.86. The number of aryl methyl sites for hydroxylation is 1. The molecule has 2 fully saturated rings. The van der Waals surface area contributed by atoms with Crippen molar-refractivity contribution in [1.82, 2.24) is 9.80 Å². The van der Waals surface area contributed by atoms with E-state index in [0.29, 0.717) is 12.1 Å². The first-order valence-electron chi connectivity index (χ1n) is 8.46. The highest BCUT2D eigenvalue weighted by atomic mass is 16.3. The van der Waals surface area contributed by atoms with Gasteiger partial charge >= 0.3 is 0 Å². The number of fused-ring (bicyclic) bond motifs is 3. The Labute approximate surface area is 127 Å². The number of benzene rings is 1. The van der Waals surface area contributed by atoms with Crippen molar-refractivity contribution in [1.29, 1.82) is 0 Å². The van der Waals surface area contributed by atoms with E-state index in [2.05, 4.69) is 41.1 Å². The van der Waals surface area contributed by atoms with Crippen molar-refractivity contribution >= 4 is 0 Å². The van der Waals surface area contributed by atoms with Gasteiger partial charge in [-0.05, 0) is 50.3 Å². The van der Waals surface area contributed by atoms with Crippen LogP contribution in [0, 0.1) is 0 Å². The molecule has 2 saturated heterocycles. The molecule has 114 valence electrons. The fourth-order valence-corrected chi connectivity index (χ4v) is 4.74. The maximum atomic E-state index is 10.8. The first-order chi connectivity index (χ1) is 10.2. The quantitative estimate of drug-likeness (QED) is 0.857. The number of likely N-dealkylation sites (N-methyl/N-ethyl adjacent to an activating group) is 1. The minimum Gasteiger partial charge on any atom is -0.387 e. The standard InChI is InChI=1S/C18H26N2O/c1-19-14-7-8-15(19)12-20(11-10-14)17-9-6-13-4-2-3-5-16(13)18(17)21/h2-5,14-15,17-18,21H,6-12H2,1H3. The molecule has 1 aromatic carbocycles. The summed E-state index contributed by atoms with van der Waals surface area (Å²) in [4.78, 5) is 5.17. The maximum Gasteiger partial charge on any atom is 0.0947 e. The lowest BCUT2D eigenvalue weighted by atomic mass is 9.84. The van der Waals surface area contributed by atoms with E-state index in [4.69, 9.17) is 0 Å². The molecule has 1 aliphatic carbocycles. The molecule has 0 amide bonds. The van der Waals surface area contributed by atoms with Gasteiger partial charge in [-0.2, -0.15) is 0 Å². The second-order valence-corrected chi connectivity index (χ2v) is 7.08. The summed E-state index contributed by atoms with van der Waals surface area (Å²) >= 11 is 0. The molecule has 3 nitrogen and oxygen atoms in total. The highest BCUT2D eigenvalue weighted by Gasteiger charge is 2.39. The van der Waals surface area contributed by atoms with E-state index in [1.54, 1.807) is 0 Å². The zero-order chi connectivity index (χ0) is 14.4. The summed E-state index contributed by atoms with van der Waals surface area (Å²) in [5.41, 5.74) is 2.51. The smallest absolute Gasteiger partial charge is 0.0947 e. The predicted octanol–water partition coefficient (Wildman–Crippen LogP) is 2.20. The Morgan fingerprint density at radius 1 is 1.05 bits per heavy atom. The van der Waals surface area contributed by atoms with Crippen LogP contribution in [0.1, 0.15) is 42.9 Å². The third-order valence-corrected chi connectivity index (χ3v) is 6.10. The van der Waals surface area contributed by atoms with Crippen molar-refractivity contribution in [2.75, 3.05) is 20.1 Å². The summed E-state index contributed by atoms with van der Waals surface area (Å²) < 4.78 is 0. The molecule has 2 bridgehead atoms. The summed E-state index contributed by atoms with van der Waals surface area (Å²) in [6, 6.07) is 10.2. The Bertz CT molecular complexity index is 518. The molecule has 4 rings (SSSR count). The Morgan fingerprint density at radius 2 is 1.86 bits per heavy atom. The summed E-state index contributed by atoms with van der Waals surface area (Å²) in [7, 11) is 2.29. The average molecular weight is 286 g/mol. The lowest BCUT2D eigenvalue weighted by Gasteiger charge is -2.39. The van der Waals surface area contributed by atoms with E-state index in [0.717, 1.165) is 37.5 Å². The molecule has 3 heteroatoms. The lowest BCUT2D eigenvalue weighted by Crippen LogP contribution is -2.46. The molecule has 0 aromatic heterocycles. The fourth-order valence-electron chi connectivity index (χ4n) is 4.74. The van der Waals surface area contributed by atoms with Crippen LogP contribution in [-0.2, 0) is 6.42 Å². The van der Waals surface area contributed by atoms with Gasteiger partial charge in [-0.1, -0.05) is 24.3 Å². The van der Waals surface area contributed by atoms with Gasteiger partial charge in [0.2, 0.25) is 0 Å². The van der Waals surface area contributed by atoms with Crippen molar-refractivity contribution < 1.29 is 5.11 Å². The van der Waals surface area contributed by atoms with Gasteiger partial charge < -0.3 is 5.11 Å². The van der Waals surface area contributed by atoms with E-state index >= 15 is 0 Å². The Morgan fingerprint density at radius 3 is 2.76 bits per heavy atom. The average Bonchev–Trinajstić information content (AvgIpc) is 2.74. The highest BCUT2D eigenvalue weighted by molar-refractivity contribution is 5.32. The molecule has 2 aliphatic heterocycles. The van der Waals surface area contributed by atoms with Gasteiger partial charge in [-0.25, -0.2) is 0 Å². The first kappa shape index (κ1) is 13.7. The zero-order valence-corrected chi connectivity index (χ0v) is 12.9. The first-order valence-corrected chi connectivity index (χ1v) is 8.46. The fraction of sp³-hybridized carbons (Fsp3) is 0.667. The van der Waals surface area contributed by atoms with E-state index in [1.807, 2.05) is 0 Å². The molecule has 0 saturated carbocycles. The molecule has 0 spiro atoms. The SMILES string of the molecule is CN1C2CCC1CN(C1CCc3ccccc3C1O)CC2. The minimum absolute atomic E-state index is 0.308. The number of likely N-dealkylation sites (tertiary alicyclic amines) is 1. The Kier molecular flexibility index (Phi) is 3.52. The van der Waals surface area contributed by atoms with Crippen molar-refractivity contribution in [3.05, 3.63) is 35.4 Å². The minimum atomic E-state index is -0.308. The Hall–Kier alpha value is -0.900. The van der Waals surface area contributed by atoms with Gasteiger partial charge in [-0.3, -0.25) is 9.80 Å². The van der Waals surface area contributed by atoms with Crippen LogP contribution in [-0.4, -0.2) is 53.2 Å². The second-order valence-electron chi connectivity index (χ2n) is 7.08. The second kappa shape index (κ2) is 5.38. The van der Waals surface area contributed by atoms with Gasteiger partial charge in [-0.15, -0.1) is 0 Å². The molecule has 21 heavy (non-hydrogen) atoms. The maximum absolute atomic E-state index is 10.8. The number of rotatable bonds is 1. The third kappa shape index (κ3) is 2.32. The summed E-state index contributed by atoms with van der Waals surface area (Å²) in [5.74, 6) is 0. The van der Waals surface area contributed by atoms with Crippen LogP contribution in [0.15, 0.2) is 24.3 Å². The molecule has 1 N–H and O–H groups in total. The number of aliphatic hydroxyl groups excluding tert-OH is 1. The molecule has 4 atom stereocenters. The highest BCUT2D eigenvalue weighted by Crippen LogP contribution is 2.36. The number of hydrogen-bond donors (Lipinski definition) is 1. The van der Waals surface area contributed by atoms with Crippen molar-refractivity contribution in [2.45, 2.75) is 56.3 Å². The van der Waals surface area contributed by atoms with E-state index in [-0.39, 0.29) is 6.10 Å². The van der Waals surface area contributed by atoms with Gasteiger partial charge in [0.25, 0.3) is 0 Å². The molecular weight excluding hydrogens is 260 g/mol. The number of hydrogen-bond acceptors (Lipinski definition) is 3. The van der Waals surface area contributed by atoms with Gasteiger partial charge in [0, 0.05) is 31.2 Å². The van der Waals surface area contributed by atoms with Gasteiger partial charge in [0.05, 0.1) is 6.10 Å². The van der Waals surface area contributed by atoms with Crippen LogP contribution in [0.2, 0.25) is 0 Å². The molecule has 3 aliphatic rings. The molecule has 1 aromatic rings. The van der Waals surface area contributed by atoms with Crippen LogP contribution in [0.5, 0.6) is 0 Å². The Balaban J connectivity index is 1.55. The monoisotopic (exact) mass is 286 g/mol. The van der Waals surface area contributed by atoms with E-state index < -0.39 is 0 Å². The molecule has 2 heterocycles. The van der Waals surface area contributed by atoms with Gasteiger partial charge in [0.15, 0.2) is 0 Å². The van der Waals surface area contributed by atoms with Crippen LogP contribution in [0.25, 0.3) is 0 Å². The summed E-state index contributed by atoms with van der Waals surface area (Å²) in [5, 5.41) is 10.8. The predicted molar refractivity (Wildman–Crippen MR) is 84.3 cm³/mol. The van der Waals surface area contributed by atoms with E-state index in [1.165, 1.54) is 24.8 Å². The van der Waals surface area contributed by atoms with Gasteiger partial charge in [0.1, 0.15) is 0 Å². The number of nitrogens with zero attached hydrogens (tertiary/aromatic N) is 2. The largest absolute Gasteiger partial charge is 0.387 e. The number of aliphatic hydroxyl groups is 1. The normalized spacial score (nSPS) is 37.2. The topological polar surface area (TPSA) is 26.7 Å². The van der Waals surface area contributed by atoms with E-state index in [9.17, 15) is 5.11 Å². The zero-order valence-electron chi connectivity index (χ0n) is 12.9. The van der Waals surface area contributed by atoms with Crippen LogP contribution >= 0.6 is 0 Å². The third-order valence-electron chi connectivity index (χ3n) is 6.10. The van der Waals surface area contributed by atoms with Crippen LogP contribution in [0.4, 0.5) is 0 Å². The van der Waals surface area contributed by atoms with Crippen LogP contribution in [0.3, 0.4) is 0 Å². The lowest BCUT2D eigenvalue weighted by molar-refractivity contribution is 0.0314. The van der Waals surface area contributed by atoms with Crippen molar-refractivity contribution in [2.24, 2.45) is 0 Å². The van der Waals surface area contributed by atoms with Crippen LogP contribution < -0.4 is 0 Å². The molecule has 0 radical (unpaired) electrons. The summed E-state index contributed by atoms with van der Waals surface area (Å²) in [6.45, 7) is 2.28.